The number of carbonyl (C=O) groups is 2. The molecule has 5 heteroatoms. The van der Waals surface area contributed by atoms with Gasteiger partial charge >= 0.3 is 6.09 Å². The fraction of sp³-hybridized carbons (Fsp3) is 0.333. The highest BCUT2D eigenvalue weighted by molar-refractivity contribution is 6.09. The lowest BCUT2D eigenvalue weighted by Crippen LogP contribution is -2.28. The second-order valence-corrected chi connectivity index (χ2v) is 4.53. The van der Waals surface area contributed by atoms with Gasteiger partial charge in [0, 0.05) is 25.8 Å². The Labute approximate surface area is 118 Å². The number of ether oxygens (including phenoxy) is 1. The highest BCUT2D eigenvalue weighted by Gasteiger charge is 2.34. The summed E-state index contributed by atoms with van der Waals surface area (Å²) in [6, 6.07) is 7.72. The van der Waals surface area contributed by atoms with E-state index in [4.69, 9.17) is 4.74 Å². The molecule has 0 N–H and O–H groups in total. The van der Waals surface area contributed by atoms with E-state index < -0.39 is 6.09 Å². The number of anilines is 1. The topological polar surface area (TPSA) is 49.9 Å². The van der Waals surface area contributed by atoms with E-state index in [0.717, 1.165) is 22.7 Å². The van der Waals surface area contributed by atoms with Crippen LogP contribution in [0, 0.1) is 0 Å². The van der Waals surface area contributed by atoms with Crippen molar-refractivity contribution in [2.24, 2.45) is 0 Å². The van der Waals surface area contributed by atoms with E-state index in [2.05, 4.69) is 11.8 Å². The number of cyclic esters (lactones) is 1. The van der Waals surface area contributed by atoms with Gasteiger partial charge in [0.25, 0.3) is 5.91 Å². The molecule has 20 heavy (non-hydrogen) atoms. The molecule has 0 unspecified atom stereocenters. The number of hydrogen-bond acceptors (Lipinski definition) is 4. The number of rotatable bonds is 4. The number of amides is 2. The lowest BCUT2D eigenvalue weighted by Gasteiger charge is -2.16. The number of likely N-dealkylation sites (N-methyl/N-ethyl adjacent to an activating group) is 1. The Morgan fingerprint density at radius 2 is 1.85 bits per heavy atom. The number of hydrogen-bond donors (Lipinski definition) is 0. The van der Waals surface area contributed by atoms with E-state index in [1.807, 2.05) is 31.3 Å². The average Bonchev–Trinajstić information content (AvgIpc) is 2.73. The molecule has 0 spiro atoms. The number of imide groups is 1. The van der Waals surface area contributed by atoms with E-state index in [-0.39, 0.29) is 11.7 Å². The summed E-state index contributed by atoms with van der Waals surface area (Å²) in [7, 11) is 2.01. The van der Waals surface area contributed by atoms with E-state index in [9.17, 15) is 9.59 Å². The Hall–Kier alpha value is -2.30. The first-order chi connectivity index (χ1) is 9.56. The van der Waals surface area contributed by atoms with E-state index in [1.165, 1.54) is 0 Å². The second-order valence-electron chi connectivity index (χ2n) is 4.53. The van der Waals surface area contributed by atoms with Crippen molar-refractivity contribution in [1.82, 2.24) is 4.90 Å². The SMILES string of the molecule is CCN1C(=O)O/C(=C/c2ccc(N(C)CC)cc2)C1=O. The Kier molecular flexibility index (Phi) is 4.08. The predicted molar refractivity (Wildman–Crippen MR) is 77.2 cm³/mol. The summed E-state index contributed by atoms with van der Waals surface area (Å²) < 4.78 is 4.97. The maximum absolute atomic E-state index is 11.9. The molecule has 1 aliphatic heterocycles. The van der Waals surface area contributed by atoms with Gasteiger partial charge in [-0.3, -0.25) is 4.79 Å². The number of carbonyl (C=O) groups excluding carboxylic acids is 2. The van der Waals surface area contributed by atoms with Crippen molar-refractivity contribution in [3.8, 4) is 0 Å². The molecule has 106 valence electrons. The van der Waals surface area contributed by atoms with Crippen LogP contribution < -0.4 is 4.90 Å². The fourth-order valence-corrected chi connectivity index (χ4v) is 1.93. The molecule has 2 rings (SSSR count). The van der Waals surface area contributed by atoms with Crippen LogP contribution >= 0.6 is 0 Å². The molecule has 1 heterocycles. The van der Waals surface area contributed by atoms with E-state index in [1.54, 1.807) is 13.0 Å². The molecule has 1 saturated heterocycles. The zero-order chi connectivity index (χ0) is 14.7. The van der Waals surface area contributed by atoms with E-state index in [0.29, 0.717) is 6.54 Å². The third-order valence-electron chi connectivity index (χ3n) is 3.30. The highest BCUT2D eigenvalue weighted by Crippen LogP contribution is 2.21. The van der Waals surface area contributed by atoms with Crippen LogP contribution in [0.5, 0.6) is 0 Å². The van der Waals surface area contributed by atoms with Crippen LogP contribution in [0.1, 0.15) is 19.4 Å². The van der Waals surface area contributed by atoms with Crippen LogP contribution in [0.15, 0.2) is 30.0 Å². The lowest BCUT2D eigenvalue weighted by molar-refractivity contribution is -0.123. The summed E-state index contributed by atoms with van der Waals surface area (Å²) in [6.45, 7) is 5.04. The van der Waals surface area contributed by atoms with Gasteiger partial charge in [-0.15, -0.1) is 0 Å². The van der Waals surface area contributed by atoms with Crippen LogP contribution in [0.4, 0.5) is 10.5 Å². The molecule has 1 aliphatic rings. The molecule has 0 bridgehead atoms. The third-order valence-corrected chi connectivity index (χ3v) is 3.30. The van der Waals surface area contributed by atoms with Crippen molar-refractivity contribution in [3.63, 3.8) is 0 Å². The highest BCUT2D eigenvalue weighted by atomic mass is 16.6. The molecule has 1 aromatic rings. The maximum atomic E-state index is 11.9. The number of benzene rings is 1. The normalized spacial score (nSPS) is 16.8. The van der Waals surface area contributed by atoms with Crippen molar-refractivity contribution in [2.45, 2.75) is 13.8 Å². The molecule has 1 aromatic carbocycles. The van der Waals surface area contributed by atoms with Crippen LogP contribution in [0.25, 0.3) is 6.08 Å². The summed E-state index contributed by atoms with van der Waals surface area (Å²) in [5.41, 5.74) is 1.92. The molecule has 1 fully saturated rings. The van der Waals surface area contributed by atoms with Gasteiger partial charge in [0.1, 0.15) is 0 Å². The third kappa shape index (κ3) is 2.66. The van der Waals surface area contributed by atoms with Gasteiger partial charge in [0.05, 0.1) is 0 Å². The quantitative estimate of drug-likeness (QED) is 0.791. The van der Waals surface area contributed by atoms with E-state index >= 15 is 0 Å². The smallest absolute Gasteiger partial charge is 0.404 e. The molecule has 0 radical (unpaired) electrons. The largest absolute Gasteiger partial charge is 0.422 e. The summed E-state index contributed by atoms with van der Waals surface area (Å²) in [4.78, 5) is 26.5. The van der Waals surface area contributed by atoms with Gasteiger partial charge in [-0.05, 0) is 37.6 Å². The van der Waals surface area contributed by atoms with Gasteiger partial charge in [-0.25, -0.2) is 9.69 Å². The first kappa shape index (κ1) is 14.1. The Morgan fingerprint density at radius 1 is 1.20 bits per heavy atom. The van der Waals surface area contributed by atoms with Gasteiger partial charge in [0.15, 0.2) is 5.76 Å². The van der Waals surface area contributed by atoms with Crippen LogP contribution in [-0.2, 0) is 9.53 Å². The molecule has 2 amide bonds. The fourth-order valence-electron chi connectivity index (χ4n) is 1.93. The number of nitrogens with zero attached hydrogens (tertiary/aromatic N) is 2. The monoisotopic (exact) mass is 274 g/mol. The van der Waals surface area contributed by atoms with Gasteiger partial charge in [-0.1, -0.05) is 12.1 Å². The summed E-state index contributed by atoms with van der Waals surface area (Å²) in [5, 5.41) is 0. The first-order valence-corrected chi connectivity index (χ1v) is 6.63. The maximum Gasteiger partial charge on any atom is 0.422 e. The molecule has 0 aliphatic carbocycles. The minimum Gasteiger partial charge on any atom is -0.404 e. The van der Waals surface area contributed by atoms with Crippen LogP contribution in [-0.4, -0.2) is 37.0 Å². The Balaban J connectivity index is 2.19. The molecule has 0 aromatic heterocycles. The molecular formula is C15H18N2O3. The Morgan fingerprint density at radius 3 is 2.35 bits per heavy atom. The summed E-state index contributed by atoms with van der Waals surface area (Å²) in [6.07, 6.45) is 0.983. The first-order valence-electron chi connectivity index (χ1n) is 6.63. The molecular weight excluding hydrogens is 256 g/mol. The Bertz CT molecular complexity index is 549. The zero-order valence-corrected chi connectivity index (χ0v) is 11.9. The summed E-state index contributed by atoms with van der Waals surface area (Å²) >= 11 is 0. The lowest BCUT2D eigenvalue weighted by atomic mass is 10.1. The second kappa shape index (κ2) is 5.77. The average molecular weight is 274 g/mol. The standard InChI is InChI=1S/C15H18N2O3/c1-4-16(3)12-8-6-11(7-9-12)10-13-14(18)17(5-2)15(19)20-13/h6-10H,4-5H2,1-3H3/b13-10+. The van der Waals surface area contributed by atoms with Crippen molar-refractivity contribution in [3.05, 3.63) is 35.6 Å². The van der Waals surface area contributed by atoms with Gasteiger partial charge in [-0.2, -0.15) is 0 Å². The predicted octanol–water partition coefficient (Wildman–Crippen LogP) is 2.48. The summed E-state index contributed by atoms with van der Waals surface area (Å²) in [5.74, 6) is -0.305. The molecule has 0 atom stereocenters. The van der Waals surface area contributed by atoms with Crippen LogP contribution in [0.2, 0.25) is 0 Å². The minimum atomic E-state index is -0.605. The van der Waals surface area contributed by atoms with Gasteiger partial charge < -0.3 is 9.64 Å². The molecule has 5 nitrogen and oxygen atoms in total. The van der Waals surface area contributed by atoms with Crippen molar-refractivity contribution < 1.29 is 14.3 Å². The van der Waals surface area contributed by atoms with Crippen molar-refractivity contribution in [2.75, 3.05) is 25.0 Å². The van der Waals surface area contributed by atoms with Crippen molar-refractivity contribution in [1.29, 1.82) is 0 Å². The molecule has 0 saturated carbocycles. The van der Waals surface area contributed by atoms with Crippen molar-refractivity contribution >= 4 is 23.8 Å². The zero-order valence-electron chi connectivity index (χ0n) is 11.9. The van der Waals surface area contributed by atoms with Gasteiger partial charge in [0.2, 0.25) is 0 Å². The minimum absolute atomic E-state index is 0.0773. The van der Waals surface area contributed by atoms with Crippen LogP contribution in [0.3, 0.4) is 0 Å².